The molecule has 0 atom stereocenters. The van der Waals surface area contributed by atoms with Crippen molar-refractivity contribution in [1.82, 2.24) is 0 Å². The monoisotopic (exact) mass is 560 g/mol. The molecule has 4 heteroatoms. The third kappa shape index (κ3) is 10.5. The number of aryl methyl sites for hydroxylation is 2. The van der Waals surface area contributed by atoms with Gasteiger partial charge in [0.25, 0.3) is 0 Å². The Morgan fingerprint density at radius 3 is 1.34 bits per heavy atom. The first kappa shape index (κ1) is 33.5. The minimum absolute atomic E-state index is 0. The van der Waals surface area contributed by atoms with Gasteiger partial charge in [0.2, 0.25) is 0 Å². The molecule has 0 spiro atoms. The zero-order valence-electron chi connectivity index (χ0n) is 19.9. The topological polar surface area (TPSA) is 0 Å². The van der Waals surface area contributed by atoms with Gasteiger partial charge in [-0.25, -0.2) is 0 Å². The van der Waals surface area contributed by atoms with Crippen LogP contribution in [0, 0.1) is 0 Å². The van der Waals surface area contributed by atoms with E-state index in [9.17, 15) is 0 Å². The van der Waals surface area contributed by atoms with Crippen molar-refractivity contribution in [2.45, 2.75) is 65.5 Å². The van der Waals surface area contributed by atoms with Gasteiger partial charge in [0.05, 0.1) is 0 Å². The van der Waals surface area contributed by atoms with Gasteiger partial charge < -0.3 is 24.8 Å². The van der Waals surface area contributed by atoms with Crippen molar-refractivity contribution in [3.8, 4) is 0 Å². The van der Waals surface area contributed by atoms with Gasteiger partial charge in [0.1, 0.15) is 0 Å². The molecular formula is C28H36Cl2SiZr. The molecular weight excluding hydrogens is 527 g/mol. The van der Waals surface area contributed by atoms with E-state index in [1.165, 1.54) is 71.2 Å². The fraction of sp³-hybridized carbons (Fsp3) is 0.357. The van der Waals surface area contributed by atoms with Gasteiger partial charge >= 0.3 is 26.2 Å². The van der Waals surface area contributed by atoms with Gasteiger partial charge in [-0.05, 0) is 0 Å². The van der Waals surface area contributed by atoms with E-state index < -0.39 is 0 Å². The standard InChI is InChI=1S/2C13H15.C2H6Si.2ClH.Zr/c2*1-2-3-6-11-9-10-12-7-4-5-8-13(11)12;1-3-2;;;/h2*4-5,7-10H,2-3,6H2,1H3;1-2H3;2*1H;/q2*-1;;;;+4/p-2. The van der Waals surface area contributed by atoms with E-state index in [0.717, 1.165) is 9.52 Å². The van der Waals surface area contributed by atoms with Gasteiger partial charge in [0, 0.05) is 9.52 Å². The quantitative estimate of drug-likeness (QED) is 0.251. The molecule has 0 fully saturated rings. The molecule has 4 aromatic rings. The van der Waals surface area contributed by atoms with E-state index in [1.807, 2.05) is 0 Å². The van der Waals surface area contributed by atoms with Crippen LogP contribution in [0.1, 0.15) is 50.7 Å². The summed E-state index contributed by atoms with van der Waals surface area (Å²) in [5.74, 6) is 0. The SMILES string of the molecule is CCCCc1c[cH-]c2ccccc12.CCCCc1c[cH-]c2ccccc12.C[Si]C.[Cl-].[Cl-].[Zr+4]. The fourth-order valence-corrected chi connectivity index (χ4v) is 3.60. The number of unbranched alkanes of at least 4 members (excludes halogenated alkanes) is 2. The largest absolute Gasteiger partial charge is 4.00 e. The molecule has 0 aliphatic carbocycles. The molecule has 4 aromatic carbocycles. The van der Waals surface area contributed by atoms with Crippen molar-refractivity contribution in [3.05, 3.63) is 83.9 Å². The fourth-order valence-electron chi connectivity index (χ4n) is 3.60. The average molecular weight is 563 g/mol. The third-order valence-electron chi connectivity index (χ3n) is 5.14. The molecule has 0 aliphatic rings. The van der Waals surface area contributed by atoms with E-state index in [1.54, 1.807) is 0 Å². The number of hydrogen-bond acceptors (Lipinski definition) is 0. The maximum absolute atomic E-state index is 2.26. The average Bonchev–Trinajstić information content (AvgIpc) is 3.36. The summed E-state index contributed by atoms with van der Waals surface area (Å²) in [7, 11) is 1.08. The Kier molecular flexibility index (Phi) is 20.7. The van der Waals surface area contributed by atoms with Crippen LogP contribution in [-0.2, 0) is 39.0 Å². The Labute approximate surface area is 230 Å². The van der Waals surface area contributed by atoms with Gasteiger partial charge in [-0.2, -0.15) is 11.1 Å². The normalized spacial score (nSPS) is 9.38. The first-order chi connectivity index (χ1) is 14.2. The number of benzene rings is 2. The number of halogens is 2. The minimum Gasteiger partial charge on any atom is -1.00 e. The van der Waals surface area contributed by atoms with Crippen LogP contribution in [0.4, 0.5) is 0 Å². The summed E-state index contributed by atoms with van der Waals surface area (Å²) in [6, 6.07) is 26.2. The molecule has 0 amide bonds. The predicted octanol–water partition coefficient (Wildman–Crippen LogP) is 2.59. The minimum atomic E-state index is 0. The van der Waals surface area contributed by atoms with Crippen LogP contribution in [0.3, 0.4) is 0 Å². The predicted molar refractivity (Wildman–Crippen MR) is 134 cm³/mol. The summed E-state index contributed by atoms with van der Waals surface area (Å²) in [6.07, 6.45) is 7.61. The Morgan fingerprint density at radius 2 is 1.00 bits per heavy atom. The van der Waals surface area contributed by atoms with Crippen LogP contribution < -0.4 is 24.8 Å². The summed E-state index contributed by atoms with van der Waals surface area (Å²) in [4.78, 5) is 0. The van der Waals surface area contributed by atoms with Crippen molar-refractivity contribution in [2.24, 2.45) is 0 Å². The van der Waals surface area contributed by atoms with Gasteiger partial charge in [-0.3, -0.25) is 0 Å². The van der Waals surface area contributed by atoms with Crippen molar-refractivity contribution in [3.63, 3.8) is 0 Å². The maximum Gasteiger partial charge on any atom is 4.00 e. The molecule has 0 saturated carbocycles. The summed E-state index contributed by atoms with van der Waals surface area (Å²) in [6.45, 7) is 8.79. The van der Waals surface area contributed by atoms with Crippen molar-refractivity contribution in [2.75, 3.05) is 0 Å². The summed E-state index contributed by atoms with van der Waals surface area (Å²) in [5.41, 5.74) is 3.02. The Hall–Kier alpha value is -0.660. The smallest absolute Gasteiger partial charge is 1.00 e. The van der Waals surface area contributed by atoms with Crippen LogP contribution in [0.5, 0.6) is 0 Å². The van der Waals surface area contributed by atoms with E-state index in [2.05, 4.69) is 99.7 Å². The van der Waals surface area contributed by atoms with Crippen LogP contribution in [-0.4, -0.2) is 9.52 Å². The van der Waals surface area contributed by atoms with Crippen LogP contribution in [0.2, 0.25) is 13.1 Å². The van der Waals surface area contributed by atoms with E-state index in [-0.39, 0.29) is 51.0 Å². The number of hydrogen-bond donors (Lipinski definition) is 0. The Bertz CT molecular complexity index is 880. The summed E-state index contributed by atoms with van der Waals surface area (Å²) < 4.78 is 0. The van der Waals surface area contributed by atoms with Crippen LogP contribution in [0.25, 0.3) is 21.5 Å². The van der Waals surface area contributed by atoms with E-state index in [0.29, 0.717) is 0 Å². The molecule has 32 heavy (non-hydrogen) atoms. The molecule has 0 heterocycles. The second-order valence-electron chi connectivity index (χ2n) is 7.60. The molecule has 0 saturated heterocycles. The summed E-state index contributed by atoms with van der Waals surface area (Å²) in [5, 5.41) is 5.65. The first-order valence-corrected chi connectivity index (χ1v) is 13.1. The van der Waals surface area contributed by atoms with Gasteiger partial charge in [-0.1, -0.05) is 77.6 Å². The molecule has 0 unspecified atom stereocenters. The number of fused-ring (bicyclic) bond motifs is 2. The third-order valence-corrected chi connectivity index (χ3v) is 5.14. The second-order valence-corrected chi connectivity index (χ2v) is 8.60. The maximum atomic E-state index is 2.26. The number of rotatable bonds is 6. The molecule has 0 bridgehead atoms. The molecule has 0 aliphatic heterocycles. The van der Waals surface area contributed by atoms with Crippen molar-refractivity contribution in [1.29, 1.82) is 0 Å². The zero-order chi connectivity index (χ0) is 20.9. The van der Waals surface area contributed by atoms with Crippen LogP contribution >= 0.6 is 0 Å². The molecule has 0 nitrogen and oxygen atoms in total. The Morgan fingerprint density at radius 1 is 0.656 bits per heavy atom. The van der Waals surface area contributed by atoms with E-state index >= 15 is 0 Å². The molecule has 2 radical (unpaired) electrons. The Balaban J connectivity index is 0. The first-order valence-electron chi connectivity index (χ1n) is 11.1. The van der Waals surface area contributed by atoms with Gasteiger partial charge in [0.15, 0.2) is 0 Å². The zero-order valence-corrected chi connectivity index (χ0v) is 24.9. The van der Waals surface area contributed by atoms with Crippen LogP contribution in [0.15, 0.2) is 72.8 Å². The molecule has 0 aromatic heterocycles. The van der Waals surface area contributed by atoms with Crippen molar-refractivity contribution < 1.29 is 51.0 Å². The second kappa shape index (κ2) is 19.8. The summed E-state index contributed by atoms with van der Waals surface area (Å²) >= 11 is 0. The van der Waals surface area contributed by atoms with E-state index in [4.69, 9.17) is 0 Å². The molecule has 0 N–H and O–H groups in total. The van der Waals surface area contributed by atoms with Gasteiger partial charge in [-0.15, -0.1) is 82.2 Å². The van der Waals surface area contributed by atoms with Crippen molar-refractivity contribution >= 4 is 31.1 Å². The molecule has 4 rings (SSSR count). The molecule has 170 valence electrons.